The van der Waals surface area contributed by atoms with Crippen LogP contribution in [0, 0.1) is 5.92 Å². The average Bonchev–Trinajstić information content (AvgIpc) is 2.86. The number of rotatable bonds is 4. The van der Waals surface area contributed by atoms with Crippen LogP contribution < -0.4 is 0 Å². The Hall–Kier alpha value is -1.13. The molecule has 0 aliphatic carbocycles. The number of thiophene rings is 1. The summed E-state index contributed by atoms with van der Waals surface area (Å²) >= 11 is 1.70. The van der Waals surface area contributed by atoms with Crippen molar-refractivity contribution in [2.45, 2.75) is 19.9 Å². The monoisotopic (exact) mass is 251 g/mol. The van der Waals surface area contributed by atoms with Crippen LogP contribution in [0.15, 0.2) is 17.5 Å². The van der Waals surface area contributed by atoms with Crippen molar-refractivity contribution in [2.24, 2.45) is 5.92 Å². The summed E-state index contributed by atoms with van der Waals surface area (Å²) in [5, 5.41) is 10.6. The van der Waals surface area contributed by atoms with Crippen LogP contribution in [0.4, 0.5) is 0 Å². The fourth-order valence-corrected chi connectivity index (χ4v) is 3.02. The maximum atomic E-state index is 10.4. The van der Waals surface area contributed by atoms with E-state index in [0.717, 1.165) is 18.0 Å². The Balaban J connectivity index is 1.92. The Bertz CT molecular complexity index is 425. The fourth-order valence-electron chi connectivity index (χ4n) is 2.13. The maximum Gasteiger partial charge on any atom is 0.328 e. The first-order valence-electron chi connectivity index (χ1n) is 5.84. The van der Waals surface area contributed by atoms with Gasteiger partial charge in [-0.3, -0.25) is 4.90 Å². The molecule has 1 atom stereocenters. The second-order valence-electron chi connectivity index (χ2n) is 4.65. The first-order valence-corrected chi connectivity index (χ1v) is 6.72. The number of aliphatic carboxylic acids is 1. The van der Waals surface area contributed by atoms with Crippen molar-refractivity contribution >= 4 is 23.4 Å². The molecule has 0 spiro atoms. The van der Waals surface area contributed by atoms with Crippen LogP contribution in [0.2, 0.25) is 0 Å². The smallest absolute Gasteiger partial charge is 0.328 e. The zero-order chi connectivity index (χ0) is 12.3. The van der Waals surface area contributed by atoms with Crippen molar-refractivity contribution in [3.05, 3.63) is 28.0 Å². The Morgan fingerprint density at radius 2 is 2.53 bits per heavy atom. The second-order valence-corrected chi connectivity index (χ2v) is 5.64. The van der Waals surface area contributed by atoms with E-state index in [0.29, 0.717) is 0 Å². The summed E-state index contributed by atoms with van der Waals surface area (Å²) in [6.45, 7) is 5.64. The molecular formula is C13H17NO2S. The van der Waals surface area contributed by atoms with Crippen molar-refractivity contribution < 1.29 is 9.90 Å². The van der Waals surface area contributed by atoms with E-state index in [1.54, 1.807) is 17.4 Å². The van der Waals surface area contributed by atoms with E-state index < -0.39 is 5.97 Å². The lowest BCUT2D eigenvalue weighted by molar-refractivity contribution is -0.131. The van der Waals surface area contributed by atoms with Gasteiger partial charge in [-0.2, -0.15) is 0 Å². The minimum Gasteiger partial charge on any atom is -0.478 e. The third kappa shape index (κ3) is 3.68. The molecule has 2 rings (SSSR count). The molecule has 1 aromatic rings. The van der Waals surface area contributed by atoms with Crippen molar-refractivity contribution in [3.8, 4) is 0 Å². The van der Waals surface area contributed by atoms with Gasteiger partial charge in [-0.15, -0.1) is 11.3 Å². The molecule has 0 saturated carbocycles. The van der Waals surface area contributed by atoms with E-state index in [2.05, 4.69) is 17.9 Å². The molecule has 2 heterocycles. The molecule has 0 bridgehead atoms. The lowest BCUT2D eigenvalue weighted by Crippen LogP contribution is -2.18. The highest BCUT2D eigenvalue weighted by molar-refractivity contribution is 7.10. The Morgan fingerprint density at radius 1 is 1.71 bits per heavy atom. The first-order chi connectivity index (χ1) is 8.13. The van der Waals surface area contributed by atoms with Gasteiger partial charge in [-0.05, 0) is 42.0 Å². The van der Waals surface area contributed by atoms with Crippen LogP contribution in [0.3, 0.4) is 0 Å². The van der Waals surface area contributed by atoms with Gasteiger partial charge < -0.3 is 5.11 Å². The van der Waals surface area contributed by atoms with Crippen molar-refractivity contribution in [1.82, 2.24) is 4.90 Å². The van der Waals surface area contributed by atoms with Gasteiger partial charge in [0.2, 0.25) is 0 Å². The highest BCUT2D eigenvalue weighted by Crippen LogP contribution is 2.22. The van der Waals surface area contributed by atoms with E-state index in [9.17, 15) is 4.79 Å². The first kappa shape index (κ1) is 12.3. The number of nitrogens with zero attached hydrogens (tertiary/aromatic N) is 1. The zero-order valence-electron chi connectivity index (χ0n) is 9.93. The molecule has 1 aromatic heterocycles. The third-order valence-electron chi connectivity index (χ3n) is 2.98. The van der Waals surface area contributed by atoms with E-state index in [-0.39, 0.29) is 0 Å². The van der Waals surface area contributed by atoms with E-state index >= 15 is 0 Å². The van der Waals surface area contributed by atoms with Crippen LogP contribution in [0.1, 0.15) is 23.8 Å². The van der Waals surface area contributed by atoms with Gasteiger partial charge in [0.1, 0.15) is 0 Å². The van der Waals surface area contributed by atoms with Gasteiger partial charge in [0.15, 0.2) is 0 Å². The number of hydrogen-bond acceptors (Lipinski definition) is 3. The van der Waals surface area contributed by atoms with Crippen molar-refractivity contribution in [3.63, 3.8) is 0 Å². The Kier molecular flexibility index (Phi) is 3.97. The molecule has 3 nitrogen and oxygen atoms in total. The Morgan fingerprint density at radius 3 is 3.18 bits per heavy atom. The lowest BCUT2D eigenvalue weighted by Gasteiger charge is -2.13. The normalized spacial score (nSPS) is 21.4. The molecule has 17 heavy (non-hydrogen) atoms. The molecule has 1 unspecified atom stereocenters. The SMILES string of the molecule is CC1CCN(Cc2cc(C=CC(=O)O)cs2)C1. The molecule has 4 heteroatoms. The minimum atomic E-state index is -0.897. The highest BCUT2D eigenvalue weighted by Gasteiger charge is 2.18. The quantitative estimate of drug-likeness (QED) is 0.836. The molecule has 92 valence electrons. The van der Waals surface area contributed by atoms with Crippen molar-refractivity contribution in [2.75, 3.05) is 13.1 Å². The van der Waals surface area contributed by atoms with Crippen LogP contribution in [0.25, 0.3) is 6.08 Å². The summed E-state index contributed by atoms with van der Waals surface area (Å²) < 4.78 is 0. The van der Waals surface area contributed by atoms with Gasteiger partial charge in [-0.1, -0.05) is 6.92 Å². The molecule has 1 aliphatic heterocycles. The third-order valence-corrected chi connectivity index (χ3v) is 3.92. The number of carboxylic acids is 1. The number of carboxylic acid groups (broad SMARTS) is 1. The van der Waals surface area contributed by atoms with Crippen LogP contribution >= 0.6 is 11.3 Å². The minimum absolute atomic E-state index is 0.807. The van der Waals surface area contributed by atoms with Gasteiger partial charge in [0.05, 0.1) is 0 Å². The van der Waals surface area contributed by atoms with Gasteiger partial charge in [0.25, 0.3) is 0 Å². The number of carbonyl (C=O) groups is 1. The predicted molar refractivity (Wildman–Crippen MR) is 70.0 cm³/mol. The summed E-state index contributed by atoms with van der Waals surface area (Å²) in [5.74, 6) is -0.0903. The molecule has 0 amide bonds. The van der Waals surface area contributed by atoms with Crippen LogP contribution in [-0.2, 0) is 11.3 Å². The molecular weight excluding hydrogens is 234 g/mol. The number of hydrogen-bond donors (Lipinski definition) is 1. The molecule has 1 fully saturated rings. The topological polar surface area (TPSA) is 40.5 Å². The standard InChI is InChI=1S/C13H17NO2S/c1-10-4-5-14(7-10)8-12-6-11(9-17-12)2-3-13(15)16/h2-3,6,9-10H,4-5,7-8H2,1H3,(H,15,16). The largest absolute Gasteiger partial charge is 0.478 e. The average molecular weight is 251 g/mol. The highest BCUT2D eigenvalue weighted by atomic mass is 32.1. The van der Waals surface area contributed by atoms with E-state index in [1.807, 2.05) is 5.38 Å². The second kappa shape index (κ2) is 5.47. The molecule has 1 aliphatic rings. The molecule has 1 N–H and O–H groups in total. The van der Waals surface area contributed by atoms with Crippen molar-refractivity contribution in [1.29, 1.82) is 0 Å². The summed E-state index contributed by atoms with van der Waals surface area (Å²) in [4.78, 5) is 14.2. The molecule has 0 radical (unpaired) electrons. The predicted octanol–water partition coefficient (Wildman–Crippen LogP) is 2.69. The van der Waals surface area contributed by atoms with E-state index in [4.69, 9.17) is 5.11 Å². The van der Waals surface area contributed by atoms with Crippen LogP contribution in [-0.4, -0.2) is 29.1 Å². The van der Waals surface area contributed by atoms with Gasteiger partial charge in [-0.25, -0.2) is 4.79 Å². The Labute approximate surface area is 105 Å². The lowest BCUT2D eigenvalue weighted by atomic mass is 10.2. The van der Waals surface area contributed by atoms with E-state index in [1.165, 1.54) is 30.5 Å². The van der Waals surface area contributed by atoms with Gasteiger partial charge >= 0.3 is 5.97 Å². The summed E-state index contributed by atoms with van der Waals surface area (Å²) in [6, 6.07) is 2.08. The van der Waals surface area contributed by atoms with Gasteiger partial charge in [0, 0.05) is 24.0 Å². The maximum absolute atomic E-state index is 10.4. The molecule has 0 aromatic carbocycles. The molecule has 1 saturated heterocycles. The zero-order valence-corrected chi connectivity index (χ0v) is 10.7. The summed E-state index contributed by atoms with van der Waals surface area (Å²) in [7, 11) is 0. The summed E-state index contributed by atoms with van der Waals surface area (Å²) in [5.41, 5.74) is 0.986. The number of likely N-dealkylation sites (tertiary alicyclic amines) is 1. The van der Waals surface area contributed by atoms with Crippen LogP contribution in [0.5, 0.6) is 0 Å². The fraction of sp³-hybridized carbons (Fsp3) is 0.462. The summed E-state index contributed by atoms with van der Waals surface area (Å²) in [6.07, 6.45) is 4.12.